The van der Waals surface area contributed by atoms with Crippen LogP contribution >= 0.6 is 11.3 Å². The molecule has 11 heteroatoms. The lowest BCUT2D eigenvalue weighted by Crippen LogP contribution is -2.12. The van der Waals surface area contributed by atoms with E-state index in [9.17, 15) is 18.0 Å². The zero-order valence-corrected chi connectivity index (χ0v) is 20.1. The van der Waals surface area contributed by atoms with E-state index in [4.69, 9.17) is 15.2 Å². The molecular weight excluding hydrogens is 505 g/mol. The first-order valence-corrected chi connectivity index (χ1v) is 11.8. The molecule has 0 saturated heterocycles. The molecule has 1 amide bonds. The van der Waals surface area contributed by atoms with Crippen LogP contribution in [0.4, 0.5) is 18.3 Å². The molecule has 0 saturated carbocycles. The lowest BCUT2D eigenvalue weighted by molar-refractivity contribution is -0.137. The maximum atomic E-state index is 13.0. The Hall–Kier alpha value is -4.38. The Kier molecular flexibility index (Phi) is 6.30. The van der Waals surface area contributed by atoms with Crippen molar-refractivity contribution >= 4 is 43.5 Å². The molecule has 2 heterocycles. The molecule has 0 unspecified atom stereocenters. The minimum absolute atomic E-state index is 0.196. The Morgan fingerprint density at radius 1 is 1.05 bits per heavy atom. The first-order valence-electron chi connectivity index (χ1n) is 11.0. The van der Waals surface area contributed by atoms with Gasteiger partial charge in [-0.2, -0.15) is 13.2 Å². The second-order valence-corrected chi connectivity index (χ2v) is 9.08. The molecule has 7 nitrogen and oxygen atoms in total. The fourth-order valence-corrected chi connectivity index (χ4v) is 4.70. The van der Waals surface area contributed by atoms with E-state index in [1.807, 2.05) is 6.07 Å². The number of nitrogens with one attached hydrogen (secondary N) is 1. The zero-order valence-electron chi connectivity index (χ0n) is 19.3. The maximum absolute atomic E-state index is 13.0. The lowest BCUT2D eigenvalue weighted by atomic mass is 10.1. The van der Waals surface area contributed by atoms with Gasteiger partial charge in [-0.3, -0.25) is 9.78 Å². The van der Waals surface area contributed by atoms with Gasteiger partial charge in [-0.1, -0.05) is 23.5 Å². The van der Waals surface area contributed by atoms with Crippen molar-refractivity contribution in [2.24, 2.45) is 5.73 Å². The van der Waals surface area contributed by atoms with Crippen LogP contribution in [0, 0.1) is 0 Å². The zero-order chi connectivity index (χ0) is 26.2. The van der Waals surface area contributed by atoms with Gasteiger partial charge in [0.1, 0.15) is 17.2 Å². The van der Waals surface area contributed by atoms with Crippen molar-refractivity contribution < 1.29 is 27.4 Å². The van der Waals surface area contributed by atoms with Gasteiger partial charge in [0.25, 0.3) is 5.91 Å². The van der Waals surface area contributed by atoms with Gasteiger partial charge in [0.15, 0.2) is 5.13 Å². The minimum atomic E-state index is -4.39. The molecule has 0 bridgehead atoms. The smallest absolute Gasteiger partial charge is 0.416 e. The fourth-order valence-electron chi connectivity index (χ4n) is 3.81. The Bertz CT molecular complexity index is 1640. The Balaban J connectivity index is 1.38. The predicted molar refractivity (Wildman–Crippen MR) is 135 cm³/mol. The van der Waals surface area contributed by atoms with Crippen LogP contribution in [0.1, 0.15) is 21.5 Å². The number of thiazole rings is 1. The van der Waals surface area contributed by atoms with Crippen molar-refractivity contribution in [3.63, 3.8) is 0 Å². The number of benzene rings is 3. The number of alkyl halides is 3. The Morgan fingerprint density at radius 3 is 2.65 bits per heavy atom. The van der Waals surface area contributed by atoms with E-state index in [0.29, 0.717) is 44.4 Å². The molecule has 0 fully saturated rings. The lowest BCUT2D eigenvalue weighted by Gasteiger charge is -2.11. The van der Waals surface area contributed by atoms with E-state index in [2.05, 4.69) is 15.3 Å². The summed E-state index contributed by atoms with van der Waals surface area (Å²) in [6, 6.07) is 15.4. The fraction of sp³-hybridized carbons (Fsp3) is 0.115. The SMILES string of the molecule is COc1cc2nccc(Oc3ccc4nc(NCc5cccc(C(F)(F)F)c5)sc4c3)c2cc1C(N)=O. The molecular formula is C26H19F3N4O3S. The van der Waals surface area contributed by atoms with Crippen molar-refractivity contribution in [3.05, 3.63) is 83.6 Å². The standard InChI is InChI=1S/C26H19F3N4O3S/c1-35-22-12-20-17(11-18(22)24(30)34)21(7-8-31-20)36-16-5-6-19-23(10-16)37-25(33-19)32-13-14-3-2-4-15(9-14)26(27,28)29/h2-12H,13H2,1H3,(H2,30,34)(H,32,33). The number of pyridine rings is 1. The summed E-state index contributed by atoms with van der Waals surface area (Å²) in [4.78, 5) is 20.7. The van der Waals surface area contributed by atoms with Crippen LogP contribution in [0.5, 0.6) is 17.2 Å². The highest BCUT2D eigenvalue weighted by Crippen LogP contribution is 2.36. The molecule has 3 N–H and O–H groups in total. The van der Waals surface area contributed by atoms with E-state index in [1.54, 1.807) is 42.6 Å². The molecule has 0 atom stereocenters. The molecule has 37 heavy (non-hydrogen) atoms. The number of carbonyl (C=O) groups is 1. The summed E-state index contributed by atoms with van der Waals surface area (Å²) in [6.07, 6.45) is -2.81. The second-order valence-electron chi connectivity index (χ2n) is 8.05. The molecule has 0 aliphatic rings. The van der Waals surface area contributed by atoms with Crippen LogP contribution in [0.2, 0.25) is 0 Å². The van der Waals surface area contributed by atoms with Gasteiger partial charge >= 0.3 is 6.18 Å². The molecule has 0 spiro atoms. The Labute approximate surface area is 212 Å². The molecule has 5 rings (SSSR count). The highest BCUT2D eigenvalue weighted by atomic mass is 32.1. The number of anilines is 1. The molecule has 188 valence electrons. The maximum Gasteiger partial charge on any atom is 0.416 e. The molecule has 5 aromatic rings. The van der Waals surface area contributed by atoms with Crippen LogP contribution in [-0.2, 0) is 12.7 Å². The van der Waals surface area contributed by atoms with E-state index >= 15 is 0 Å². The van der Waals surface area contributed by atoms with Gasteiger partial charge in [-0.25, -0.2) is 4.98 Å². The van der Waals surface area contributed by atoms with Gasteiger partial charge in [0, 0.05) is 30.3 Å². The summed E-state index contributed by atoms with van der Waals surface area (Å²) >= 11 is 1.35. The quantitative estimate of drug-likeness (QED) is 0.257. The molecule has 3 aromatic carbocycles. The van der Waals surface area contributed by atoms with Gasteiger partial charge in [-0.15, -0.1) is 0 Å². The first kappa shape index (κ1) is 24.3. The number of carbonyl (C=O) groups excluding carboxylic acids is 1. The third kappa shape index (κ3) is 5.12. The molecule has 0 aliphatic carbocycles. The number of aromatic nitrogens is 2. The number of primary amides is 1. The molecule has 0 aliphatic heterocycles. The number of ether oxygens (including phenoxy) is 2. The number of rotatable bonds is 7. The topological polar surface area (TPSA) is 99.4 Å². The number of fused-ring (bicyclic) bond motifs is 2. The average Bonchev–Trinajstić information content (AvgIpc) is 3.29. The van der Waals surface area contributed by atoms with Crippen molar-refractivity contribution in [1.82, 2.24) is 9.97 Å². The monoisotopic (exact) mass is 524 g/mol. The third-order valence-corrected chi connectivity index (χ3v) is 6.55. The number of nitrogens with two attached hydrogens (primary N) is 1. The highest BCUT2D eigenvalue weighted by molar-refractivity contribution is 7.22. The highest BCUT2D eigenvalue weighted by Gasteiger charge is 2.30. The van der Waals surface area contributed by atoms with Crippen LogP contribution in [-0.4, -0.2) is 23.0 Å². The number of hydrogen-bond donors (Lipinski definition) is 2. The minimum Gasteiger partial charge on any atom is -0.496 e. The summed E-state index contributed by atoms with van der Waals surface area (Å²) in [7, 11) is 1.45. The van der Waals surface area contributed by atoms with Crippen LogP contribution < -0.4 is 20.5 Å². The van der Waals surface area contributed by atoms with Crippen molar-refractivity contribution in [2.45, 2.75) is 12.7 Å². The van der Waals surface area contributed by atoms with Crippen molar-refractivity contribution in [2.75, 3.05) is 12.4 Å². The Morgan fingerprint density at radius 2 is 1.89 bits per heavy atom. The van der Waals surface area contributed by atoms with E-state index in [1.165, 1.54) is 24.5 Å². The number of nitrogens with zero attached hydrogens (tertiary/aromatic N) is 2. The van der Waals surface area contributed by atoms with Gasteiger partial charge in [0.05, 0.1) is 34.0 Å². The van der Waals surface area contributed by atoms with Gasteiger partial charge in [-0.05, 0) is 42.0 Å². The largest absolute Gasteiger partial charge is 0.496 e. The third-order valence-electron chi connectivity index (χ3n) is 5.57. The number of amides is 1. The van der Waals surface area contributed by atoms with Crippen molar-refractivity contribution in [3.8, 4) is 17.2 Å². The van der Waals surface area contributed by atoms with E-state index in [0.717, 1.165) is 16.8 Å². The summed E-state index contributed by atoms with van der Waals surface area (Å²) < 4.78 is 51.1. The number of methoxy groups -OCH3 is 1. The summed E-state index contributed by atoms with van der Waals surface area (Å²) in [5, 5.41) is 4.24. The number of hydrogen-bond acceptors (Lipinski definition) is 7. The summed E-state index contributed by atoms with van der Waals surface area (Å²) in [6.45, 7) is 0.196. The normalized spacial score (nSPS) is 11.6. The first-order chi connectivity index (χ1) is 17.7. The van der Waals surface area contributed by atoms with E-state index in [-0.39, 0.29) is 12.1 Å². The predicted octanol–water partition coefficient (Wildman–Crippen LogP) is 6.38. The van der Waals surface area contributed by atoms with Crippen LogP contribution in [0.15, 0.2) is 66.9 Å². The summed E-state index contributed by atoms with van der Waals surface area (Å²) in [5.41, 5.74) is 6.79. The average molecular weight is 525 g/mol. The second kappa shape index (κ2) is 9.58. The van der Waals surface area contributed by atoms with Crippen LogP contribution in [0.3, 0.4) is 0 Å². The van der Waals surface area contributed by atoms with Gasteiger partial charge in [0.2, 0.25) is 0 Å². The summed E-state index contributed by atoms with van der Waals surface area (Å²) in [5.74, 6) is 0.692. The van der Waals surface area contributed by atoms with Gasteiger partial charge < -0.3 is 20.5 Å². The molecule has 2 aromatic heterocycles. The molecule has 0 radical (unpaired) electrons. The van der Waals surface area contributed by atoms with E-state index < -0.39 is 17.6 Å². The number of halogens is 3. The van der Waals surface area contributed by atoms with Crippen molar-refractivity contribution in [1.29, 1.82) is 0 Å². The van der Waals surface area contributed by atoms with Crippen LogP contribution in [0.25, 0.3) is 21.1 Å².